The van der Waals surface area contributed by atoms with Gasteiger partial charge in [0, 0.05) is 31.2 Å². The van der Waals surface area contributed by atoms with Gasteiger partial charge in [-0.05, 0) is 18.6 Å². The quantitative estimate of drug-likeness (QED) is 0.724. The van der Waals surface area contributed by atoms with Crippen molar-refractivity contribution in [2.45, 2.75) is 13.5 Å². The molecule has 2 aliphatic heterocycles. The minimum Gasteiger partial charge on any atom is -0.380 e. The van der Waals surface area contributed by atoms with Gasteiger partial charge in [0.1, 0.15) is 0 Å². The van der Waals surface area contributed by atoms with Gasteiger partial charge in [-0.3, -0.25) is 9.88 Å². The molecule has 0 aromatic carbocycles. The Labute approximate surface area is 90.1 Å². The third-order valence-electron chi connectivity index (χ3n) is 3.29. The second-order valence-corrected chi connectivity index (χ2v) is 4.96. The number of hydrogen-bond donors (Lipinski definition) is 0. The lowest BCUT2D eigenvalue weighted by molar-refractivity contribution is -0.191. The molecular formula is C12H16N2O. The fraction of sp³-hybridized carbons (Fsp3) is 0.583. The van der Waals surface area contributed by atoms with Crippen LogP contribution in [0.5, 0.6) is 0 Å². The molecule has 0 amide bonds. The summed E-state index contributed by atoms with van der Waals surface area (Å²) in [7, 11) is 0. The monoisotopic (exact) mass is 204 g/mol. The average Bonchev–Trinajstić information content (AvgIpc) is 2.10. The molecule has 3 rings (SSSR count). The zero-order valence-electron chi connectivity index (χ0n) is 9.07. The van der Waals surface area contributed by atoms with Gasteiger partial charge in [0.15, 0.2) is 0 Å². The van der Waals surface area contributed by atoms with E-state index in [1.807, 2.05) is 6.20 Å². The number of aromatic nitrogens is 1. The summed E-state index contributed by atoms with van der Waals surface area (Å²) in [5.41, 5.74) is 2.92. The maximum absolute atomic E-state index is 5.25. The van der Waals surface area contributed by atoms with Crippen LogP contribution in [0.1, 0.15) is 11.3 Å². The molecule has 2 fully saturated rings. The van der Waals surface area contributed by atoms with Crippen molar-refractivity contribution in [2.75, 3.05) is 26.3 Å². The Balaban J connectivity index is 1.56. The van der Waals surface area contributed by atoms with E-state index in [2.05, 4.69) is 28.9 Å². The molecule has 1 spiro atoms. The number of rotatable bonds is 2. The first kappa shape index (κ1) is 9.31. The molecule has 2 aliphatic rings. The summed E-state index contributed by atoms with van der Waals surface area (Å²) in [6.07, 6.45) is 1.94. The Kier molecular flexibility index (Phi) is 2.04. The van der Waals surface area contributed by atoms with Gasteiger partial charge in [-0.25, -0.2) is 0 Å². The van der Waals surface area contributed by atoms with Crippen LogP contribution >= 0.6 is 0 Å². The van der Waals surface area contributed by atoms with E-state index >= 15 is 0 Å². The zero-order valence-corrected chi connectivity index (χ0v) is 9.07. The number of aryl methyl sites for hydroxylation is 1. The molecule has 0 unspecified atom stereocenters. The first-order valence-corrected chi connectivity index (χ1v) is 5.47. The van der Waals surface area contributed by atoms with Gasteiger partial charge < -0.3 is 4.74 Å². The fourth-order valence-corrected chi connectivity index (χ4v) is 2.41. The molecule has 0 atom stereocenters. The Morgan fingerprint density at radius 1 is 1.40 bits per heavy atom. The molecule has 1 aromatic rings. The van der Waals surface area contributed by atoms with E-state index in [4.69, 9.17) is 4.74 Å². The van der Waals surface area contributed by atoms with Crippen LogP contribution in [0.4, 0.5) is 0 Å². The molecule has 1 aromatic heterocycles. The normalized spacial score (nSPS) is 23.5. The largest absolute Gasteiger partial charge is 0.380 e. The third-order valence-corrected chi connectivity index (χ3v) is 3.29. The average molecular weight is 204 g/mol. The summed E-state index contributed by atoms with van der Waals surface area (Å²) in [4.78, 5) is 6.86. The van der Waals surface area contributed by atoms with Crippen molar-refractivity contribution >= 4 is 0 Å². The molecule has 80 valence electrons. The molecule has 0 bridgehead atoms. The first-order valence-electron chi connectivity index (χ1n) is 5.47. The lowest BCUT2D eigenvalue weighted by Crippen LogP contribution is -2.65. The topological polar surface area (TPSA) is 25.4 Å². The van der Waals surface area contributed by atoms with E-state index in [0.29, 0.717) is 5.41 Å². The van der Waals surface area contributed by atoms with Crippen LogP contribution in [0.15, 0.2) is 18.3 Å². The predicted octanol–water partition coefficient (Wildman–Crippen LogP) is 1.22. The van der Waals surface area contributed by atoms with Crippen molar-refractivity contribution in [1.29, 1.82) is 0 Å². The van der Waals surface area contributed by atoms with Crippen molar-refractivity contribution in [1.82, 2.24) is 9.88 Å². The van der Waals surface area contributed by atoms with Crippen LogP contribution in [-0.4, -0.2) is 36.2 Å². The summed E-state index contributed by atoms with van der Waals surface area (Å²) in [5.74, 6) is 0. The van der Waals surface area contributed by atoms with E-state index < -0.39 is 0 Å². The highest BCUT2D eigenvalue weighted by Crippen LogP contribution is 2.37. The number of nitrogens with zero attached hydrogens (tertiary/aromatic N) is 2. The van der Waals surface area contributed by atoms with Crippen molar-refractivity contribution in [2.24, 2.45) is 5.41 Å². The zero-order chi connectivity index (χ0) is 10.3. The smallest absolute Gasteiger partial charge is 0.0569 e. The molecule has 3 heterocycles. The lowest BCUT2D eigenvalue weighted by Gasteiger charge is -2.55. The van der Waals surface area contributed by atoms with Crippen molar-refractivity contribution in [3.63, 3.8) is 0 Å². The number of likely N-dealkylation sites (tertiary alicyclic amines) is 1. The molecule has 15 heavy (non-hydrogen) atoms. The minimum absolute atomic E-state index is 0.519. The fourth-order valence-electron chi connectivity index (χ4n) is 2.41. The van der Waals surface area contributed by atoms with Gasteiger partial charge in [0.25, 0.3) is 0 Å². The summed E-state index contributed by atoms with van der Waals surface area (Å²) >= 11 is 0. The van der Waals surface area contributed by atoms with E-state index in [1.165, 1.54) is 24.3 Å². The summed E-state index contributed by atoms with van der Waals surface area (Å²) in [6.45, 7) is 7.35. The van der Waals surface area contributed by atoms with Crippen LogP contribution in [0.2, 0.25) is 0 Å². The minimum atomic E-state index is 0.519. The maximum atomic E-state index is 5.25. The maximum Gasteiger partial charge on any atom is 0.0569 e. The van der Waals surface area contributed by atoms with Crippen LogP contribution < -0.4 is 0 Å². The number of pyridine rings is 1. The first-order chi connectivity index (χ1) is 7.26. The van der Waals surface area contributed by atoms with Gasteiger partial charge in [-0.15, -0.1) is 0 Å². The van der Waals surface area contributed by atoms with Crippen LogP contribution in [0, 0.1) is 12.3 Å². The van der Waals surface area contributed by atoms with E-state index in [1.54, 1.807) is 0 Å². The van der Waals surface area contributed by atoms with Gasteiger partial charge in [-0.2, -0.15) is 0 Å². The van der Waals surface area contributed by atoms with Gasteiger partial charge in [0.2, 0.25) is 0 Å². The van der Waals surface area contributed by atoms with Crippen molar-refractivity contribution in [3.8, 4) is 0 Å². The Morgan fingerprint density at radius 3 is 2.73 bits per heavy atom. The molecule has 0 N–H and O–H groups in total. The van der Waals surface area contributed by atoms with E-state index in [0.717, 1.165) is 19.8 Å². The van der Waals surface area contributed by atoms with Crippen LogP contribution in [0.25, 0.3) is 0 Å². The highest BCUT2D eigenvalue weighted by atomic mass is 16.5. The van der Waals surface area contributed by atoms with Gasteiger partial charge in [0.05, 0.1) is 18.9 Å². The standard InChI is InChI=1S/C12H16N2O/c1-10-2-3-11(13-4-10)5-14-6-12(7-14)8-15-9-12/h2-4H,5-9H2,1H3. The molecular weight excluding hydrogens is 188 g/mol. The van der Waals surface area contributed by atoms with Gasteiger partial charge in [-0.1, -0.05) is 6.07 Å². The van der Waals surface area contributed by atoms with Crippen molar-refractivity contribution < 1.29 is 4.74 Å². The molecule has 0 aliphatic carbocycles. The molecule has 0 saturated carbocycles. The highest BCUT2D eigenvalue weighted by Gasteiger charge is 2.48. The predicted molar refractivity (Wildman–Crippen MR) is 57.5 cm³/mol. The SMILES string of the molecule is Cc1ccc(CN2CC3(COC3)C2)nc1. The second kappa shape index (κ2) is 3.29. The summed E-state index contributed by atoms with van der Waals surface area (Å²) in [6, 6.07) is 4.25. The third kappa shape index (κ3) is 1.66. The highest BCUT2D eigenvalue weighted by molar-refractivity contribution is 5.13. The Hall–Kier alpha value is -0.930. The summed E-state index contributed by atoms with van der Waals surface area (Å²) in [5, 5.41) is 0. The lowest BCUT2D eigenvalue weighted by atomic mass is 9.78. The second-order valence-electron chi connectivity index (χ2n) is 4.96. The van der Waals surface area contributed by atoms with Crippen LogP contribution in [-0.2, 0) is 11.3 Å². The Morgan fingerprint density at radius 2 is 2.20 bits per heavy atom. The molecule has 0 radical (unpaired) electrons. The van der Waals surface area contributed by atoms with Gasteiger partial charge >= 0.3 is 0 Å². The summed E-state index contributed by atoms with van der Waals surface area (Å²) < 4.78 is 5.25. The number of ether oxygens (including phenoxy) is 1. The number of hydrogen-bond acceptors (Lipinski definition) is 3. The van der Waals surface area contributed by atoms with Crippen LogP contribution in [0.3, 0.4) is 0 Å². The van der Waals surface area contributed by atoms with Crippen molar-refractivity contribution in [3.05, 3.63) is 29.6 Å². The van der Waals surface area contributed by atoms with E-state index in [-0.39, 0.29) is 0 Å². The van der Waals surface area contributed by atoms with E-state index in [9.17, 15) is 0 Å². The molecule has 3 nitrogen and oxygen atoms in total. The molecule has 2 saturated heterocycles. The molecule has 3 heteroatoms. The Bertz CT molecular complexity index is 348.